The van der Waals surface area contributed by atoms with Gasteiger partial charge >= 0.3 is 0 Å². The van der Waals surface area contributed by atoms with Gasteiger partial charge in [0.1, 0.15) is 17.5 Å². The van der Waals surface area contributed by atoms with Crippen molar-refractivity contribution >= 4 is 11.6 Å². The summed E-state index contributed by atoms with van der Waals surface area (Å²) in [7, 11) is 0. The summed E-state index contributed by atoms with van der Waals surface area (Å²) in [5, 5.41) is 3.38. The lowest BCUT2D eigenvalue weighted by atomic mass is 10.2. The number of hydrogen-bond donors (Lipinski definition) is 1. The summed E-state index contributed by atoms with van der Waals surface area (Å²) in [4.78, 5) is 15.4. The van der Waals surface area contributed by atoms with Gasteiger partial charge < -0.3 is 10.2 Å². The molecule has 3 aromatic rings. The van der Waals surface area contributed by atoms with Crippen LogP contribution in [0.3, 0.4) is 0 Å². The van der Waals surface area contributed by atoms with Crippen molar-refractivity contribution in [3.8, 4) is 0 Å². The highest BCUT2D eigenvalue weighted by molar-refractivity contribution is 5.50. The first kappa shape index (κ1) is 16.9. The third kappa shape index (κ3) is 4.76. The molecule has 0 atom stereocenters. The van der Waals surface area contributed by atoms with Crippen LogP contribution in [0.4, 0.5) is 11.6 Å². The highest BCUT2D eigenvalue weighted by atomic mass is 15.2. The second-order valence-electron chi connectivity index (χ2n) is 5.87. The minimum atomic E-state index is 0.712. The molecule has 0 spiro atoms. The molecule has 0 aliphatic rings. The summed E-state index contributed by atoms with van der Waals surface area (Å²) in [6, 6.07) is 16.5. The van der Waals surface area contributed by atoms with Crippen molar-refractivity contribution in [2.75, 3.05) is 16.8 Å². The van der Waals surface area contributed by atoms with Gasteiger partial charge in [0.2, 0.25) is 0 Å². The summed E-state index contributed by atoms with van der Waals surface area (Å²) >= 11 is 0. The molecule has 2 aromatic heterocycles. The van der Waals surface area contributed by atoms with Gasteiger partial charge in [0, 0.05) is 38.1 Å². The Balaban J connectivity index is 1.75. The van der Waals surface area contributed by atoms with Gasteiger partial charge in [-0.05, 0) is 37.1 Å². The first-order valence-corrected chi connectivity index (χ1v) is 8.52. The van der Waals surface area contributed by atoms with E-state index in [-0.39, 0.29) is 0 Å². The second-order valence-corrected chi connectivity index (χ2v) is 5.87. The number of nitrogens with zero attached hydrogens (tertiary/aromatic N) is 4. The number of rotatable bonds is 7. The van der Waals surface area contributed by atoms with Crippen LogP contribution in [-0.2, 0) is 13.1 Å². The van der Waals surface area contributed by atoms with E-state index in [4.69, 9.17) is 0 Å². The molecule has 0 aliphatic carbocycles. The fourth-order valence-electron chi connectivity index (χ4n) is 2.66. The van der Waals surface area contributed by atoms with Gasteiger partial charge in [-0.15, -0.1) is 0 Å². The van der Waals surface area contributed by atoms with Crippen LogP contribution < -0.4 is 10.2 Å². The molecule has 2 heterocycles. The number of pyridine rings is 1. The molecule has 5 heteroatoms. The number of aryl methyl sites for hydroxylation is 1. The topological polar surface area (TPSA) is 53.9 Å². The van der Waals surface area contributed by atoms with Crippen molar-refractivity contribution in [1.82, 2.24) is 15.0 Å². The SMILES string of the molecule is CCN(Cc1ccccc1)c1cc(NCc2ccncc2)nc(C)n1. The number of hydrogen-bond acceptors (Lipinski definition) is 5. The summed E-state index contributed by atoms with van der Waals surface area (Å²) < 4.78 is 0. The van der Waals surface area contributed by atoms with E-state index in [1.165, 1.54) is 11.1 Å². The molecule has 0 bridgehead atoms. The molecule has 0 saturated heterocycles. The third-order valence-corrected chi connectivity index (χ3v) is 3.97. The first-order chi connectivity index (χ1) is 12.2. The third-order valence-electron chi connectivity index (χ3n) is 3.97. The molecular formula is C20H23N5. The maximum Gasteiger partial charge on any atom is 0.134 e. The van der Waals surface area contributed by atoms with Crippen LogP contribution in [0.15, 0.2) is 60.9 Å². The van der Waals surface area contributed by atoms with Gasteiger partial charge in [0.25, 0.3) is 0 Å². The molecule has 25 heavy (non-hydrogen) atoms. The Hall–Kier alpha value is -2.95. The van der Waals surface area contributed by atoms with Gasteiger partial charge in [-0.25, -0.2) is 9.97 Å². The zero-order valence-corrected chi connectivity index (χ0v) is 14.7. The van der Waals surface area contributed by atoms with Crippen LogP contribution in [-0.4, -0.2) is 21.5 Å². The normalized spacial score (nSPS) is 10.5. The molecule has 0 radical (unpaired) electrons. The molecule has 0 unspecified atom stereocenters. The number of nitrogens with one attached hydrogen (secondary N) is 1. The molecule has 5 nitrogen and oxygen atoms in total. The molecule has 0 aliphatic heterocycles. The zero-order valence-electron chi connectivity index (χ0n) is 14.7. The van der Waals surface area contributed by atoms with Crippen LogP contribution in [0.25, 0.3) is 0 Å². The Bertz CT molecular complexity index is 790. The number of anilines is 2. The lowest BCUT2D eigenvalue weighted by molar-refractivity contribution is 0.804. The maximum absolute atomic E-state index is 4.62. The Morgan fingerprint density at radius 2 is 1.72 bits per heavy atom. The molecule has 1 aromatic carbocycles. The van der Waals surface area contributed by atoms with E-state index in [2.05, 4.69) is 56.4 Å². The van der Waals surface area contributed by atoms with Gasteiger partial charge in [-0.2, -0.15) is 0 Å². The van der Waals surface area contributed by atoms with Gasteiger partial charge in [0.05, 0.1) is 0 Å². The van der Waals surface area contributed by atoms with Gasteiger partial charge in [-0.1, -0.05) is 30.3 Å². The molecule has 1 N–H and O–H groups in total. The van der Waals surface area contributed by atoms with E-state index >= 15 is 0 Å². The number of aromatic nitrogens is 3. The fourth-order valence-corrected chi connectivity index (χ4v) is 2.66. The van der Waals surface area contributed by atoms with E-state index in [9.17, 15) is 0 Å². The van der Waals surface area contributed by atoms with E-state index in [1.807, 2.05) is 31.2 Å². The maximum atomic E-state index is 4.62. The monoisotopic (exact) mass is 333 g/mol. The Labute approximate surface area is 148 Å². The van der Waals surface area contributed by atoms with Crippen molar-refractivity contribution in [3.05, 3.63) is 77.9 Å². The highest BCUT2D eigenvalue weighted by Crippen LogP contribution is 2.19. The van der Waals surface area contributed by atoms with Crippen LogP contribution in [0.2, 0.25) is 0 Å². The average molecular weight is 333 g/mol. The van der Waals surface area contributed by atoms with Crippen LogP contribution in [0, 0.1) is 6.92 Å². The molecule has 128 valence electrons. The van der Waals surface area contributed by atoms with E-state index in [0.29, 0.717) is 6.54 Å². The van der Waals surface area contributed by atoms with Crippen molar-refractivity contribution in [2.24, 2.45) is 0 Å². The fraction of sp³-hybridized carbons (Fsp3) is 0.250. The van der Waals surface area contributed by atoms with E-state index < -0.39 is 0 Å². The number of benzene rings is 1. The van der Waals surface area contributed by atoms with E-state index in [1.54, 1.807) is 12.4 Å². The molecule has 3 rings (SSSR count). The lowest BCUT2D eigenvalue weighted by Gasteiger charge is -2.23. The van der Waals surface area contributed by atoms with Crippen molar-refractivity contribution in [2.45, 2.75) is 26.9 Å². The Morgan fingerprint density at radius 1 is 0.960 bits per heavy atom. The zero-order chi connectivity index (χ0) is 17.5. The predicted molar refractivity (Wildman–Crippen MR) is 101 cm³/mol. The largest absolute Gasteiger partial charge is 0.366 e. The quantitative estimate of drug-likeness (QED) is 0.712. The summed E-state index contributed by atoms with van der Waals surface area (Å²) in [6.45, 7) is 6.50. The first-order valence-electron chi connectivity index (χ1n) is 8.52. The lowest BCUT2D eigenvalue weighted by Crippen LogP contribution is -2.23. The standard InChI is InChI=1S/C20H23N5/c1-3-25(15-18-7-5-4-6-8-18)20-13-19(23-16(2)24-20)22-14-17-9-11-21-12-10-17/h4-13H,3,14-15H2,1-2H3,(H,22,23,24). The molecule has 0 saturated carbocycles. The van der Waals surface area contributed by atoms with E-state index in [0.717, 1.165) is 30.5 Å². The van der Waals surface area contributed by atoms with Crippen LogP contribution >= 0.6 is 0 Å². The molecule has 0 fully saturated rings. The Morgan fingerprint density at radius 3 is 2.44 bits per heavy atom. The summed E-state index contributed by atoms with van der Waals surface area (Å²) in [5.74, 6) is 2.54. The van der Waals surface area contributed by atoms with Crippen molar-refractivity contribution in [3.63, 3.8) is 0 Å². The highest BCUT2D eigenvalue weighted by Gasteiger charge is 2.10. The minimum absolute atomic E-state index is 0.712. The minimum Gasteiger partial charge on any atom is -0.366 e. The van der Waals surface area contributed by atoms with Gasteiger partial charge in [0.15, 0.2) is 0 Å². The van der Waals surface area contributed by atoms with Crippen LogP contribution in [0.1, 0.15) is 23.9 Å². The Kier molecular flexibility index (Phi) is 5.57. The van der Waals surface area contributed by atoms with Crippen LogP contribution in [0.5, 0.6) is 0 Å². The predicted octanol–water partition coefficient (Wildman–Crippen LogP) is 3.82. The average Bonchev–Trinajstić information content (AvgIpc) is 2.66. The van der Waals surface area contributed by atoms with Crippen molar-refractivity contribution < 1.29 is 0 Å². The molecule has 0 amide bonds. The summed E-state index contributed by atoms with van der Waals surface area (Å²) in [6.07, 6.45) is 3.60. The van der Waals surface area contributed by atoms with Crippen molar-refractivity contribution in [1.29, 1.82) is 0 Å². The van der Waals surface area contributed by atoms with Gasteiger partial charge in [-0.3, -0.25) is 4.98 Å². The second kappa shape index (κ2) is 8.24. The summed E-state index contributed by atoms with van der Waals surface area (Å²) in [5.41, 5.74) is 2.44. The smallest absolute Gasteiger partial charge is 0.134 e. The molecular weight excluding hydrogens is 310 g/mol.